The normalized spacial score (nSPS) is 17.0. The lowest BCUT2D eigenvalue weighted by atomic mass is 9.94. The number of hydrogen-bond donors (Lipinski definition) is 1. The Morgan fingerprint density at radius 3 is 2.39 bits per heavy atom. The first-order valence-corrected chi connectivity index (χ1v) is 12.3. The summed E-state index contributed by atoms with van der Waals surface area (Å²) in [6.45, 7) is 2.68. The Bertz CT molecular complexity index is 1320. The van der Waals surface area contributed by atoms with Crippen molar-refractivity contribution in [3.63, 3.8) is 0 Å². The summed E-state index contributed by atoms with van der Waals surface area (Å²) in [6, 6.07) is 15.5. The molecule has 3 aromatic carbocycles. The van der Waals surface area contributed by atoms with Crippen molar-refractivity contribution in [2.24, 2.45) is 0 Å². The molecule has 1 aliphatic heterocycles. The Kier molecular flexibility index (Phi) is 7.97. The van der Waals surface area contributed by atoms with Gasteiger partial charge in [0.25, 0.3) is 11.7 Å². The topological polar surface area (TPSA) is 66.8 Å². The minimum atomic E-state index is -1.21. The van der Waals surface area contributed by atoms with Crippen molar-refractivity contribution < 1.29 is 23.8 Å². The molecule has 5 nitrogen and oxygen atoms in total. The predicted octanol–water partition coefficient (Wildman–Crippen LogP) is 7.33. The van der Waals surface area contributed by atoms with Gasteiger partial charge in [-0.15, -0.1) is 0 Å². The molecule has 1 heterocycles. The zero-order valence-corrected chi connectivity index (χ0v) is 21.0. The molecule has 36 heavy (non-hydrogen) atoms. The van der Waals surface area contributed by atoms with Crippen molar-refractivity contribution in [2.45, 2.75) is 32.2 Å². The molecule has 186 valence electrons. The molecule has 1 unspecified atom stereocenters. The predicted molar refractivity (Wildman–Crippen MR) is 139 cm³/mol. The summed E-state index contributed by atoms with van der Waals surface area (Å²) in [5.41, 5.74) is 0.368. The SMILES string of the molecule is CCCCCOc1ccc(/C(O)=C2\C(=O)C(=O)N(c3ccc(Cl)c(Cl)c3)C2c2ccccc2F)cc1. The van der Waals surface area contributed by atoms with E-state index in [2.05, 4.69) is 6.92 Å². The molecule has 1 N–H and O–H groups in total. The molecule has 0 bridgehead atoms. The number of anilines is 1. The lowest BCUT2D eigenvalue weighted by Gasteiger charge is -2.26. The maximum absolute atomic E-state index is 15.0. The Balaban J connectivity index is 1.78. The van der Waals surface area contributed by atoms with E-state index in [-0.39, 0.29) is 26.9 Å². The monoisotopic (exact) mass is 527 g/mol. The van der Waals surface area contributed by atoms with Gasteiger partial charge in [0.2, 0.25) is 0 Å². The van der Waals surface area contributed by atoms with E-state index >= 15 is 0 Å². The van der Waals surface area contributed by atoms with Crippen LogP contribution in [-0.4, -0.2) is 23.4 Å². The minimum Gasteiger partial charge on any atom is -0.507 e. The van der Waals surface area contributed by atoms with E-state index in [1.165, 1.54) is 36.4 Å². The van der Waals surface area contributed by atoms with Crippen LogP contribution in [0.15, 0.2) is 72.3 Å². The average molecular weight is 528 g/mol. The first-order valence-electron chi connectivity index (χ1n) is 11.6. The fourth-order valence-electron chi connectivity index (χ4n) is 4.13. The van der Waals surface area contributed by atoms with E-state index in [1.54, 1.807) is 30.3 Å². The smallest absolute Gasteiger partial charge is 0.300 e. The van der Waals surface area contributed by atoms with Gasteiger partial charge in [0.05, 0.1) is 28.3 Å². The number of benzene rings is 3. The van der Waals surface area contributed by atoms with Crippen LogP contribution in [0.1, 0.15) is 43.4 Å². The highest BCUT2D eigenvalue weighted by Gasteiger charge is 2.47. The third-order valence-electron chi connectivity index (χ3n) is 5.97. The van der Waals surface area contributed by atoms with Crippen molar-refractivity contribution in [1.29, 1.82) is 0 Å². The van der Waals surface area contributed by atoms with Gasteiger partial charge in [0, 0.05) is 16.8 Å². The zero-order chi connectivity index (χ0) is 25.8. The molecule has 3 aromatic rings. The number of halogens is 3. The summed E-state index contributed by atoms with van der Waals surface area (Å²) in [6.07, 6.45) is 3.08. The summed E-state index contributed by atoms with van der Waals surface area (Å²) in [7, 11) is 0. The second-order valence-corrected chi connectivity index (χ2v) is 9.18. The molecule has 0 aromatic heterocycles. The van der Waals surface area contributed by atoms with Gasteiger partial charge in [-0.2, -0.15) is 0 Å². The molecular formula is C28H24Cl2FNO4. The Morgan fingerprint density at radius 1 is 1.00 bits per heavy atom. The van der Waals surface area contributed by atoms with Crippen LogP contribution < -0.4 is 9.64 Å². The lowest BCUT2D eigenvalue weighted by molar-refractivity contribution is -0.132. The van der Waals surface area contributed by atoms with Gasteiger partial charge in [-0.05, 0) is 55.0 Å². The first kappa shape index (κ1) is 25.7. The van der Waals surface area contributed by atoms with Crippen LogP contribution in [0.3, 0.4) is 0 Å². The number of Topliss-reactive ketones (excluding diaryl/α,β-unsaturated/α-hetero) is 1. The molecule has 4 rings (SSSR count). The maximum atomic E-state index is 15.0. The van der Waals surface area contributed by atoms with E-state index in [4.69, 9.17) is 27.9 Å². The number of carbonyl (C=O) groups excluding carboxylic acids is 2. The van der Waals surface area contributed by atoms with Crippen LogP contribution >= 0.6 is 23.2 Å². The van der Waals surface area contributed by atoms with Gasteiger partial charge in [-0.1, -0.05) is 61.2 Å². The number of aliphatic hydroxyl groups excluding tert-OH is 1. The van der Waals surface area contributed by atoms with Gasteiger partial charge in [-0.3, -0.25) is 14.5 Å². The van der Waals surface area contributed by atoms with Crippen molar-refractivity contribution >= 4 is 46.3 Å². The molecule has 1 saturated heterocycles. The third-order valence-corrected chi connectivity index (χ3v) is 6.71. The van der Waals surface area contributed by atoms with E-state index in [9.17, 15) is 19.1 Å². The quantitative estimate of drug-likeness (QED) is 0.144. The molecule has 1 amide bonds. The number of aliphatic hydroxyl groups is 1. The highest BCUT2D eigenvalue weighted by Crippen LogP contribution is 2.44. The van der Waals surface area contributed by atoms with Crippen molar-refractivity contribution in [3.8, 4) is 5.75 Å². The van der Waals surface area contributed by atoms with Gasteiger partial charge in [0.1, 0.15) is 17.3 Å². The summed E-state index contributed by atoms with van der Waals surface area (Å²) in [4.78, 5) is 27.5. The summed E-state index contributed by atoms with van der Waals surface area (Å²) in [5.74, 6) is -2.28. The Labute approximate surface area is 218 Å². The van der Waals surface area contributed by atoms with Crippen molar-refractivity contribution in [3.05, 3.63) is 99.3 Å². The van der Waals surface area contributed by atoms with Gasteiger partial charge in [-0.25, -0.2) is 4.39 Å². The highest BCUT2D eigenvalue weighted by molar-refractivity contribution is 6.52. The standard InChI is InChI=1S/C28H24Cl2FNO4/c1-2-3-6-15-36-19-12-9-17(10-13-19)26(33)24-25(20-7-4-5-8-23(20)31)32(28(35)27(24)34)18-11-14-21(29)22(30)16-18/h4-5,7-14,16,25,33H,2-3,6,15H2,1H3/b26-24+. The number of carbonyl (C=O) groups is 2. The molecule has 1 atom stereocenters. The molecule has 0 radical (unpaired) electrons. The van der Waals surface area contributed by atoms with Gasteiger partial charge in [0.15, 0.2) is 0 Å². The van der Waals surface area contributed by atoms with E-state index in [0.29, 0.717) is 17.9 Å². The molecule has 8 heteroatoms. The molecule has 1 fully saturated rings. The highest BCUT2D eigenvalue weighted by atomic mass is 35.5. The second-order valence-electron chi connectivity index (χ2n) is 8.37. The van der Waals surface area contributed by atoms with E-state index in [1.807, 2.05) is 0 Å². The van der Waals surface area contributed by atoms with Crippen molar-refractivity contribution in [2.75, 3.05) is 11.5 Å². The molecule has 0 aliphatic carbocycles. The number of unbranched alkanes of at least 4 members (excludes halogenated alkanes) is 2. The number of amides is 1. The number of ether oxygens (including phenoxy) is 1. The minimum absolute atomic E-state index is 0.0557. The third kappa shape index (κ3) is 5.11. The number of ketones is 1. The van der Waals surface area contributed by atoms with Crippen LogP contribution in [0, 0.1) is 5.82 Å². The van der Waals surface area contributed by atoms with Crippen LogP contribution in [0.25, 0.3) is 5.76 Å². The Morgan fingerprint density at radius 2 is 1.72 bits per heavy atom. The van der Waals surface area contributed by atoms with Crippen LogP contribution in [0.4, 0.5) is 10.1 Å². The lowest BCUT2D eigenvalue weighted by Crippen LogP contribution is -2.29. The maximum Gasteiger partial charge on any atom is 0.300 e. The summed E-state index contributed by atoms with van der Waals surface area (Å²) in [5, 5.41) is 11.6. The largest absolute Gasteiger partial charge is 0.507 e. The molecular weight excluding hydrogens is 504 g/mol. The van der Waals surface area contributed by atoms with Gasteiger partial charge >= 0.3 is 0 Å². The first-order chi connectivity index (χ1) is 17.3. The summed E-state index contributed by atoms with van der Waals surface area (Å²) >= 11 is 12.2. The second kappa shape index (κ2) is 11.1. The average Bonchev–Trinajstić information content (AvgIpc) is 3.14. The zero-order valence-electron chi connectivity index (χ0n) is 19.5. The molecule has 0 saturated carbocycles. The Hall–Kier alpha value is -3.35. The molecule has 1 aliphatic rings. The summed E-state index contributed by atoms with van der Waals surface area (Å²) < 4.78 is 20.7. The number of rotatable bonds is 8. The fraction of sp³-hybridized carbons (Fsp3) is 0.214. The van der Waals surface area contributed by atoms with Crippen LogP contribution in [-0.2, 0) is 9.59 Å². The van der Waals surface area contributed by atoms with Crippen LogP contribution in [0.5, 0.6) is 5.75 Å². The fourth-order valence-corrected chi connectivity index (χ4v) is 4.42. The van der Waals surface area contributed by atoms with Gasteiger partial charge < -0.3 is 9.84 Å². The van der Waals surface area contributed by atoms with Crippen LogP contribution in [0.2, 0.25) is 10.0 Å². The molecule has 0 spiro atoms. The van der Waals surface area contributed by atoms with E-state index in [0.717, 1.165) is 24.2 Å². The number of nitrogens with zero attached hydrogens (tertiary/aromatic N) is 1. The van der Waals surface area contributed by atoms with Crippen molar-refractivity contribution in [1.82, 2.24) is 0 Å². The number of hydrogen-bond acceptors (Lipinski definition) is 4. The van der Waals surface area contributed by atoms with E-state index < -0.39 is 29.3 Å².